The van der Waals surface area contributed by atoms with Crippen molar-refractivity contribution in [2.75, 3.05) is 45.9 Å². The summed E-state index contributed by atoms with van der Waals surface area (Å²) in [5, 5.41) is 36.8. The zero-order valence-corrected chi connectivity index (χ0v) is 30.2. The number of phenolic OH excluding ortho intramolecular Hbond substituents is 1. The number of quaternary nitrogens is 1. The smallest absolute Gasteiger partial charge is 0.248 e. The van der Waals surface area contributed by atoms with Crippen LogP contribution in [0.2, 0.25) is 0 Å². The normalized spacial score (nSPS) is 24.1. The second kappa shape index (κ2) is 17.6. The average Bonchev–Trinajstić information content (AvgIpc) is 3.70. The lowest BCUT2D eigenvalue weighted by molar-refractivity contribution is -0.946. The number of rotatable bonds is 20. The van der Waals surface area contributed by atoms with Crippen molar-refractivity contribution in [2.24, 2.45) is 11.8 Å². The molecule has 50 heavy (non-hydrogen) atoms. The molecule has 0 amide bonds. The largest absolute Gasteiger partial charge is 0.506 e. The number of piperidine rings is 3. The number of phenols is 1. The SMILES string of the molecule is O=c1ccc2c([C@@H](O)CNCCCCCCCCCCC[N+]34CCC(CC3)[C@@H](OCC(O)(c3ccccc3)C3CCCC3)C4)ccc(O)c2[nH]1. The fourth-order valence-electron chi connectivity index (χ4n) is 9.36. The maximum absolute atomic E-state index is 12.0. The summed E-state index contributed by atoms with van der Waals surface area (Å²) in [7, 11) is 0. The Hall–Kier alpha value is -2.75. The van der Waals surface area contributed by atoms with Crippen LogP contribution in [0, 0.1) is 11.8 Å². The summed E-state index contributed by atoms with van der Waals surface area (Å²) < 4.78 is 7.97. The van der Waals surface area contributed by atoms with Gasteiger partial charge in [-0.1, -0.05) is 87.8 Å². The average molecular weight is 689 g/mol. The number of pyridine rings is 1. The van der Waals surface area contributed by atoms with Crippen LogP contribution in [-0.2, 0) is 10.3 Å². The van der Waals surface area contributed by atoms with Gasteiger partial charge in [0.2, 0.25) is 5.56 Å². The molecule has 3 atom stereocenters. The first-order valence-corrected chi connectivity index (χ1v) is 19.9. The van der Waals surface area contributed by atoms with E-state index in [0.29, 0.717) is 41.5 Å². The lowest BCUT2D eigenvalue weighted by Crippen LogP contribution is -2.64. The van der Waals surface area contributed by atoms with Crippen LogP contribution in [0.1, 0.15) is 114 Å². The number of hydrogen-bond donors (Lipinski definition) is 5. The molecule has 1 saturated carbocycles. The summed E-state index contributed by atoms with van der Waals surface area (Å²) in [6.07, 6.45) is 18.2. The Labute approximate surface area is 298 Å². The molecule has 1 unspecified atom stereocenters. The van der Waals surface area contributed by atoms with Crippen LogP contribution in [0.3, 0.4) is 0 Å². The lowest BCUT2D eigenvalue weighted by Gasteiger charge is -2.53. The first kappa shape index (κ1) is 37.0. The van der Waals surface area contributed by atoms with Gasteiger partial charge in [0.15, 0.2) is 0 Å². The maximum Gasteiger partial charge on any atom is 0.248 e. The molecule has 274 valence electrons. The molecule has 0 spiro atoms. The van der Waals surface area contributed by atoms with E-state index in [-0.39, 0.29) is 17.4 Å². The number of aromatic hydroxyl groups is 1. The number of fused-ring (bicyclic) bond motifs is 4. The van der Waals surface area contributed by atoms with Gasteiger partial charge in [-0.25, -0.2) is 0 Å². The number of aromatic nitrogens is 1. The quantitative estimate of drug-likeness (QED) is 0.0641. The number of aromatic amines is 1. The van der Waals surface area contributed by atoms with E-state index in [2.05, 4.69) is 34.6 Å². The number of benzene rings is 2. The molecular weight excluding hydrogens is 626 g/mol. The molecule has 3 saturated heterocycles. The summed E-state index contributed by atoms with van der Waals surface area (Å²) in [4.78, 5) is 14.3. The molecule has 7 rings (SSSR count). The van der Waals surface area contributed by atoms with Crippen LogP contribution >= 0.6 is 0 Å². The Morgan fingerprint density at radius 2 is 1.54 bits per heavy atom. The first-order chi connectivity index (χ1) is 24.4. The molecule has 4 heterocycles. The van der Waals surface area contributed by atoms with Gasteiger partial charge in [-0.3, -0.25) is 4.79 Å². The molecule has 5 N–H and O–H groups in total. The minimum absolute atomic E-state index is 0.0100. The summed E-state index contributed by atoms with van der Waals surface area (Å²) in [5.41, 5.74) is 0.955. The van der Waals surface area contributed by atoms with E-state index in [9.17, 15) is 20.1 Å². The third kappa shape index (κ3) is 9.18. The zero-order valence-electron chi connectivity index (χ0n) is 30.2. The van der Waals surface area contributed by atoms with Crippen LogP contribution < -0.4 is 10.9 Å². The summed E-state index contributed by atoms with van der Waals surface area (Å²) in [6, 6.07) is 16.6. The van der Waals surface area contributed by atoms with Crippen molar-refractivity contribution in [2.45, 2.75) is 114 Å². The number of unbranched alkanes of at least 4 members (excludes halogenated alkanes) is 8. The maximum atomic E-state index is 12.0. The number of aliphatic hydroxyl groups excluding tert-OH is 1. The van der Waals surface area contributed by atoms with E-state index in [1.54, 1.807) is 12.1 Å². The van der Waals surface area contributed by atoms with E-state index < -0.39 is 11.7 Å². The fourth-order valence-corrected chi connectivity index (χ4v) is 9.36. The lowest BCUT2D eigenvalue weighted by atomic mass is 9.80. The van der Waals surface area contributed by atoms with Crippen molar-refractivity contribution >= 4 is 10.9 Å². The molecule has 4 aliphatic rings. The number of nitrogens with one attached hydrogen (secondary N) is 2. The van der Waals surface area contributed by atoms with Crippen LogP contribution in [-0.4, -0.2) is 76.8 Å². The Balaban J connectivity index is 0.816. The van der Waals surface area contributed by atoms with Crippen molar-refractivity contribution in [3.05, 3.63) is 76.1 Å². The molecule has 0 radical (unpaired) electrons. The fraction of sp³-hybridized carbons (Fsp3) is 0.643. The van der Waals surface area contributed by atoms with Gasteiger partial charge in [-0.05, 0) is 67.8 Å². The molecule has 3 aromatic rings. The number of H-pyrrole nitrogens is 1. The minimum atomic E-state index is -0.869. The molecule has 8 heteroatoms. The summed E-state index contributed by atoms with van der Waals surface area (Å²) in [5.74, 6) is 0.962. The number of nitrogens with zero attached hydrogens (tertiary/aromatic N) is 1. The topological polar surface area (TPSA) is 115 Å². The molecule has 1 aliphatic carbocycles. The molecular formula is C42H62N3O5+. The second-order valence-corrected chi connectivity index (χ2v) is 15.8. The van der Waals surface area contributed by atoms with E-state index in [0.717, 1.165) is 37.9 Å². The molecule has 2 bridgehead atoms. The van der Waals surface area contributed by atoms with Crippen LogP contribution in [0.4, 0.5) is 0 Å². The van der Waals surface area contributed by atoms with Gasteiger partial charge in [0.05, 0.1) is 37.9 Å². The van der Waals surface area contributed by atoms with Gasteiger partial charge in [0.25, 0.3) is 0 Å². The van der Waals surface area contributed by atoms with Crippen molar-refractivity contribution in [1.82, 2.24) is 10.3 Å². The third-order valence-corrected chi connectivity index (χ3v) is 12.5. The highest BCUT2D eigenvalue weighted by atomic mass is 16.5. The second-order valence-electron chi connectivity index (χ2n) is 15.8. The van der Waals surface area contributed by atoms with E-state index >= 15 is 0 Å². The summed E-state index contributed by atoms with van der Waals surface area (Å²) in [6.45, 7) is 6.76. The van der Waals surface area contributed by atoms with Crippen molar-refractivity contribution < 1.29 is 24.5 Å². The first-order valence-electron chi connectivity index (χ1n) is 19.9. The van der Waals surface area contributed by atoms with E-state index in [1.165, 1.54) is 113 Å². The molecule has 4 fully saturated rings. The number of aliphatic hydroxyl groups is 2. The standard InChI is InChI=1S/C42H61N3O5/c46-37-21-19-35(36-20-22-40(48)44-41(36)37)38(47)29-43-25-13-6-4-2-1-3-5-7-14-26-45-27-23-32(24-28-45)39(30-45)50-31-42(49,34-17-11-12-18-34)33-15-9-8-10-16-33/h8-10,15-16,19-22,32,34,38-39,43,47,49H,1-7,11-14,17-18,23-31H2,(H-,44,46,48)/p+1/t32?,38-,39-,42?,45?/m0/s1. The number of ether oxygens (including phenoxy) is 1. The van der Waals surface area contributed by atoms with Gasteiger partial charge >= 0.3 is 0 Å². The van der Waals surface area contributed by atoms with Crippen LogP contribution in [0.15, 0.2) is 59.4 Å². The van der Waals surface area contributed by atoms with E-state index in [4.69, 9.17) is 4.74 Å². The minimum Gasteiger partial charge on any atom is -0.506 e. The highest BCUT2D eigenvalue weighted by Gasteiger charge is 2.48. The van der Waals surface area contributed by atoms with Crippen molar-refractivity contribution in [3.8, 4) is 5.75 Å². The van der Waals surface area contributed by atoms with Crippen molar-refractivity contribution in [1.29, 1.82) is 0 Å². The van der Waals surface area contributed by atoms with Gasteiger partial charge in [0, 0.05) is 36.8 Å². The monoisotopic (exact) mass is 688 g/mol. The Morgan fingerprint density at radius 1 is 0.860 bits per heavy atom. The molecule has 1 aromatic heterocycles. The van der Waals surface area contributed by atoms with Gasteiger partial charge in [0.1, 0.15) is 24.0 Å². The molecule has 2 aromatic carbocycles. The zero-order chi connectivity index (χ0) is 34.8. The third-order valence-electron chi connectivity index (χ3n) is 12.5. The molecule has 3 aliphatic heterocycles. The highest BCUT2D eigenvalue weighted by molar-refractivity contribution is 5.87. The predicted molar refractivity (Wildman–Crippen MR) is 200 cm³/mol. The Bertz CT molecular complexity index is 1530. The van der Waals surface area contributed by atoms with Crippen molar-refractivity contribution in [3.63, 3.8) is 0 Å². The Morgan fingerprint density at radius 3 is 2.26 bits per heavy atom. The van der Waals surface area contributed by atoms with Gasteiger partial charge in [-0.2, -0.15) is 0 Å². The molecule has 8 nitrogen and oxygen atoms in total. The number of hydrogen-bond acceptors (Lipinski definition) is 6. The van der Waals surface area contributed by atoms with Crippen LogP contribution in [0.5, 0.6) is 5.75 Å². The Kier molecular flexibility index (Phi) is 13.1. The highest BCUT2D eigenvalue weighted by Crippen LogP contribution is 2.43. The summed E-state index contributed by atoms with van der Waals surface area (Å²) >= 11 is 0. The predicted octanol–water partition coefficient (Wildman–Crippen LogP) is 7.07. The van der Waals surface area contributed by atoms with Crippen LogP contribution in [0.25, 0.3) is 10.9 Å². The van der Waals surface area contributed by atoms with Gasteiger partial charge in [-0.15, -0.1) is 0 Å². The van der Waals surface area contributed by atoms with E-state index in [1.807, 2.05) is 6.07 Å². The van der Waals surface area contributed by atoms with Gasteiger partial charge < -0.3 is 34.8 Å².